The maximum atomic E-state index is 12.0. The molecule has 0 spiro atoms. The minimum absolute atomic E-state index is 0.120. The van der Waals surface area contributed by atoms with Crippen molar-refractivity contribution < 1.29 is 4.79 Å². The highest BCUT2D eigenvalue weighted by Gasteiger charge is 2.11. The number of hydrogen-bond donors (Lipinski definition) is 1. The number of carbonyl (C=O) groups excluding carboxylic acids is 1. The maximum Gasteiger partial charge on any atom is 0.270 e. The lowest BCUT2D eigenvalue weighted by atomic mass is 10.1. The van der Waals surface area contributed by atoms with Crippen LogP contribution in [0.4, 0.5) is 0 Å². The van der Waals surface area contributed by atoms with Crippen LogP contribution in [-0.2, 0) is 0 Å². The fourth-order valence-corrected chi connectivity index (χ4v) is 1.92. The number of hydrogen-bond acceptors (Lipinski definition) is 3. The zero-order valence-corrected chi connectivity index (χ0v) is 11.9. The smallest absolute Gasteiger partial charge is 0.270 e. The van der Waals surface area contributed by atoms with Crippen molar-refractivity contribution in [1.29, 1.82) is 0 Å². The van der Waals surface area contributed by atoms with Gasteiger partial charge in [-0.1, -0.05) is 13.8 Å². The van der Waals surface area contributed by atoms with E-state index in [1.165, 1.54) is 0 Å². The third-order valence-corrected chi connectivity index (χ3v) is 2.97. The van der Waals surface area contributed by atoms with Gasteiger partial charge in [0.15, 0.2) is 5.65 Å². The molecule has 0 radical (unpaired) electrons. The molecule has 0 aromatic carbocycles. The average molecular weight is 260 g/mol. The van der Waals surface area contributed by atoms with Crippen LogP contribution in [0.2, 0.25) is 0 Å². The molecular weight excluding hydrogens is 240 g/mol. The number of aromatic nitrogens is 3. The van der Waals surface area contributed by atoms with Gasteiger partial charge in [-0.25, -0.2) is 9.50 Å². The highest BCUT2D eigenvalue weighted by molar-refractivity contribution is 5.92. The fourth-order valence-electron chi connectivity index (χ4n) is 1.92. The highest BCUT2D eigenvalue weighted by atomic mass is 16.1. The van der Waals surface area contributed by atoms with Gasteiger partial charge in [0, 0.05) is 18.3 Å². The summed E-state index contributed by atoms with van der Waals surface area (Å²) in [7, 11) is 0. The van der Waals surface area contributed by atoms with Crippen LogP contribution >= 0.6 is 0 Å². The predicted octanol–water partition coefficient (Wildman–Crippen LogP) is 2.12. The minimum atomic E-state index is -0.120. The standard InChI is InChI=1S/C14H20N4O/c1-9(2)5-6-15-14(19)12-8-11(4)18-13(16-12)7-10(3)17-18/h7-9H,5-6H2,1-4H3,(H,15,19). The van der Waals surface area contributed by atoms with Crippen molar-refractivity contribution in [1.82, 2.24) is 19.9 Å². The highest BCUT2D eigenvalue weighted by Crippen LogP contribution is 2.09. The Labute approximate surface area is 113 Å². The summed E-state index contributed by atoms with van der Waals surface area (Å²) in [6, 6.07) is 3.64. The molecule has 2 heterocycles. The first-order valence-electron chi connectivity index (χ1n) is 6.59. The second-order valence-electron chi connectivity index (χ2n) is 5.28. The molecule has 102 valence electrons. The Hall–Kier alpha value is -1.91. The molecule has 0 fully saturated rings. The van der Waals surface area contributed by atoms with Gasteiger partial charge in [-0.3, -0.25) is 4.79 Å². The summed E-state index contributed by atoms with van der Waals surface area (Å²) >= 11 is 0. The largest absolute Gasteiger partial charge is 0.351 e. The normalized spacial score (nSPS) is 11.2. The number of nitrogens with zero attached hydrogens (tertiary/aromatic N) is 3. The van der Waals surface area contributed by atoms with Crippen LogP contribution in [0.15, 0.2) is 12.1 Å². The van der Waals surface area contributed by atoms with Gasteiger partial charge < -0.3 is 5.32 Å². The van der Waals surface area contributed by atoms with Crippen LogP contribution in [0.5, 0.6) is 0 Å². The molecule has 0 aliphatic carbocycles. The summed E-state index contributed by atoms with van der Waals surface area (Å²) in [6.07, 6.45) is 0.971. The molecule has 5 nitrogen and oxygen atoms in total. The van der Waals surface area contributed by atoms with Gasteiger partial charge in [0.1, 0.15) is 5.69 Å². The Morgan fingerprint density at radius 2 is 2.11 bits per heavy atom. The number of amides is 1. The molecule has 2 rings (SSSR count). The van der Waals surface area contributed by atoms with Crippen LogP contribution in [0.3, 0.4) is 0 Å². The topological polar surface area (TPSA) is 59.3 Å². The Morgan fingerprint density at radius 3 is 2.79 bits per heavy atom. The third-order valence-electron chi connectivity index (χ3n) is 2.97. The van der Waals surface area contributed by atoms with Crippen LogP contribution in [0.25, 0.3) is 5.65 Å². The lowest BCUT2D eigenvalue weighted by molar-refractivity contribution is 0.0947. The van der Waals surface area contributed by atoms with Gasteiger partial charge in [0.25, 0.3) is 5.91 Å². The molecule has 0 saturated heterocycles. The van der Waals surface area contributed by atoms with Crippen molar-refractivity contribution in [2.75, 3.05) is 6.54 Å². The van der Waals surface area contributed by atoms with Gasteiger partial charge in [-0.15, -0.1) is 0 Å². The summed E-state index contributed by atoms with van der Waals surface area (Å²) in [5, 5.41) is 7.22. The molecular formula is C14H20N4O. The maximum absolute atomic E-state index is 12.0. The predicted molar refractivity (Wildman–Crippen MR) is 74.2 cm³/mol. The molecule has 5 heteroatoms. The second-order valence-corrected chi connectivity index (χ2v) is 5.28. The lowest BCUT2D eigenvalue weighted by Gasteiger charge is -2.07. The van der Waals surface area contributed by atoms with Crippen LogP contribution in [0, 0.1) is 19.8 Å². The first-order valence-corrected chi connectivity index (χ1v) is 6.59. The monoisotopic (exact) mass is 260 g/mol. The zero-order chi connectivity index (χ0) is 14.0. The van der Waals surface area contributed by atoms with E-state index < -0.39 is 0 Å². The van der Waals surface area contributed by atoms with Crippen molar-refractivity contribution in [3.05, 3.63) is 29.2 Å². The first-order chi connectivity index (χ1) is 8.97. The van der Waals surface area contributed by atoms with E-state index in [1.54, 1.807) is 10.6 Å². The van der Waals surface area contributed by atoms with Gasteiger partial charge in [-0.05, 0) is 32.3 Å². The summed E-state index contributed by atoms with van der Waals surface area (Å²) < 4.78 is 1.75. The molecule has 0 aliphatic rings. The van der Waals surface area contributed by atoms with E-state index in [4.69, 9.17) is 0 Å². The molecule has 2 aromatic rings. The molecule has 1 amide bonds. The zero-order valence-electron chi connectivity index (χ0n) is 11.9. The molecule has 0 bridgehead atoms. The number of nitrogens with one attached hydrogen (secondary N) is 1. The van der Waals surface area contributed by atoms with Crippen molar-refractivity contribution in [2.24, 2.45) is 5.92 Å². The van der Waals surface area contributed by atoms with E-state index in [1.807, 2.05) is 19.9 Å². The minimum Gasteiger partial charge on any atom is -0.351 e. The lowest BCUT2D eigenvalue weighted by Crippen LogP contribution is -2.26. The SMILES string of the molecule is Cc1cc2nc(C(=O)NCCC(C)C)cc(C)n2n1. The van der Waals surface area contributed by atoms with Crippen LogP contribution in [-0.4, -0.2) is 27.0 Å². The third kappa shape index (κ3) is 3.10. The number of carbonyl (C=O) groups is 1. The first kappa shape index (κ1) is 13.5. The fraction of sp³-hybridized carbons (Fsp3) is 0.500. The summed E-state index contributed by atoms with van der Waals surface area (Å²) in [5.41, 5.74) is 2.97. The van der Waals surface area contributed by atoms with Gasteiger partial charge in [0.2, 0.25) is 0 Å². The van der Waals surface area contributed by atoms with E-state index in [-0.39, 0.29) is 5.91 Å². The Morgan fingerprint density at radius 1 is 1.37 bits per heavy atom. The van der Waals surface area contributed by atoms with E-state index in [9.17, 15) is 4.79 Å². The van der Waals surface area contributed by atoms with E-state index in [0.717, 1.165) is 17.8 Å². The van der Waals surface area contributed by atoms with Gasteiger partial charge in [0.05, 0.1) is 5.69 Å². The molecule has 2 aromatic heterocycles. The Balaban J connectivity index is 2.18. The molecule has 0 unspecified atom stereocenters. The van der Waals surface area contributed by atoms with Crippen LogP contribution < -0.4 is 5.32 Å². The van der Waals surface area contributed by atoms with Crippen molar-refractivity contribution in [3.63, 3.8) is 0 Å². The quantitative estimate of drug-likeness (QED) is 0.916. The summed E-state index contributed by atoms with van der Waals surface area (Å²) in [5.74, 6) is 0.458. The van der Waals surface area contributed by atoms with Gasteiger partial charge >= 0.3 is 0 Å². The summed E-state index contributed by atoms with van der Waals surface area (Å²) in [4.78, 5) is 16.4. The number of fused-ring (bicyclic) bond motifs is 1. The second kappa shape index (κ2) is 5.38. The molecule has 1 N–H and O–H groups in total. The molecule has 0 saturated carbocycles. The van der Waals surface area contributed by atoms with Gasteiger partial charge in [-0.2, -0.15) is 5.10 Å². The molecule has 0 atom stereocenters. The van der Waals surface area contributed by atoms with Crippen molar-refractivity contribution in [2.45, 2.75) is 34.1 Å². The van der Waals surface area contributed by atoms with Crippen LogP contribution in [0.1, 0.15) is 42.1 Å². The molecule has 0 aliphatic heterocycles. The Kier molecular flexibility index (Phi) is 3.83. The van der Waals surface area contributed by atoms with E-state index >= 15 is 0 Å². The van der Waals surface area contributed by atoms with Crippen molar-refractivity contribution >= 4 is 11.6 Å². The van der Waals surface area contributed by atoms with E-state index in [2.05, 4.69) is 29.2 Å². The van der Waals surface area contributed by atoms with E-state index in [0.29, 0.717) is 23.8 Å². The Bertz CT molecular complexity index is 601. The van der Waals surface area contributed by atoms with Crippen molar-refractivity contribution in [3.8, 4) is 0 Å². The number of aryl methyl sites for hydroxylation is 2. The number of rotatable bonds is 4. The summed E-state index contributed by atoms with van der Waals surface area (Å²) in [6.45, 7) is 8.79. The average Bonchev–Trinajstić information content (AvgIpc) is 2.69. The molecule has 19 heavy (non-hydrogen) atoms.